The second kappa shape index (κ2) is 8.73. The van der Waals surface area contributed by atoms with Gasteiger partial charge in [-0.05, 0) is 30.7 Å². The average Bonchev–Trinajstić information content (AvgIpc) is 3.03. The summed E-state index contributed by atoms with van der Waals surface area (Å²) in [5.41, 5.74) is 1.10. The summed E-state index contributed by atoms with van der Waals surface area (Å²) in [6.45, 7) is 0.488. The second-order valence-corrected chi connectivity index (χ2v) is 11.3. The van der Waals surface area contributed by atoms with Gasteiger partial charge in [0, 0.05) is 12.1 Å². The first-order valence-corrected chi connectivity index (χ1v) is 12.6. The van der Waals surface area contributed by atoms with E-state index in [0.29, 0.717) is 18.7 Å². The van der Waals surface area contributed by atoms with Crippen molar-refractivity contribution in [3.05, 3.63) is 54.1 Å². The van der Waals surface area contributed by atoms with Crippen LogP contribution in [-0.2, 0) is 26.1 Å². The summed E-state index contributed by atoms with van der Waals surface area (Å²) in [5.74, 6) is 0.0945. The summed E-state index contributed by atoms with van der Waals surface area (Å²) in [5, 5.41) is 2.09. The molecule has 29 heavy (non-hydrogen) atoms. The maximum absolute atomic E-state index is 13.2. The lowest BCUT2D eigenvalue weighted by atomic mass is 10.1. The predicted molar refractivity (Wildman–Crippen MR) is 111 cm³/mol. The van der Waals surface area contributed by atoms with Crippen LogP contribution in [0.1, 0.15) is 5.56 Å². The van der Waals surface area contributed by atoms with E-state index in [1.807, 2.05) is 30.3 Å². The van der Waals surface area contributed by atoms with E-state index >= 15 is 0 Å². The van der Waals surface area contributed by atoms with E-state index in [0.717, 1.165) is 5.56 Å². The van der Waals surface area contributed by atoms with Crippen LogP contribution in [0, 0.1) is 0 Å². The standard InChI is InChI=1S/C20H25NO6S2/c1-26-18-9-8-16(12-19(18)27-2)29(24,25)20-14-28(22,23)13-17(20)21-11-10-15-6-4-3-5-7-15/h3-9,12,17,20-21H,10-11,13-14H2,1-2H3/t17-,20-/m0/s1. The van der Waals surface area contributed by atoms with Crippen molar-refractivity contribution in [1.82, 2.24) is 5.32 Å². The quantitative estimate of drug-likeness (QED) is 0.665. The molecule has 2 aromatic rings. The van der Waals surface area contributed by atoms with Gasteiger partial charge in [-0.2, -0.15) is 0 Å². The molecule has 9 heteroatoms. The molecule has 0 spiro atoms. The molecule has 0 amide bonds. The highest BCUT2D eigenvalue weighted by molar-refractivity contribution is 7.96. The fourth-order valence-corrected chi connectivity index (χ4v) is 8.26. The number of benzene rings is 2. The number of methoxy groups -OCH3 is 2. The lowest BCUT2D eigenvalue weighted by Gasteiger charge is -2.20. The molecule has 7 nitrogen and oxygen atoms in total. The number of hydrogen-bond donors (Lipinski definition) is 1. The van der Waals surface area contributed by atoms with Crippen LogP contribution >= 0.6 is 0 Å². The van der Waals surface area contributed by atoms with Crippen molar-refractivity contribution in [1.29, 1.82) is 0 Å². The normalized spacial score (nSPS) is 21.0. The lowest BCUT2D eigenvalue weighted by molar-refractivity contribution is 0.354. The van der Waals surface area contributed by atoms with Crippen molar-refractivity contribution in [3.63, 3.8) is 0 Å². The molecule has 0 saturated carbocycles. The molecule has 1 saturated heterocycles. The SMILES string of the molecule is COc1ccc(S(=O)(=O)[C@H]2CS(=O)(=O)C[C@@H]2NCCc2ccccc2)cc1OC. The third kappa shape index (κ3) is 4.91. The van der Waals surface area contributed by atoms with Gasteiger partial charge < -0.3 is 14.8 Å². The summed E-state index contributed by atoms with van der Waals surface area (Å²) in [7, 11) is -4.47. The molecular formula is C20H25NO6S2. The Kier molecular flexibility index (Phi) is 6.50. The molecular weight excluding hydrogens is 414 g/mol. The first-order chi connectivity index (χ1) is 13.8. The average molecular weight is 440 g/mol. The molecule has 2 atom stereocenters. The molecule has 0 unspecified atom stereocenters. The van der Waals surface area contributed by atoms with Gasteiger partial charge in [-0.25, -0.2) is 16.8 Å². The van der Waals surface area contributed by atoms with Gasteiger partial charge in [-0.1, -0.05) is 30.3 Å². The topological polar surface area (TPSA) is 98.8 Å². The number of hydrogen-bond acceptors (Lipinski definition) is 7. The van der Waals surface area contributed by atoms with Crippen LogP contribution in [0.3, 0.4) is 0 Å². The van der Waals surface area contributed by atoms with Gasteiger partial charge in [0.1, 0.15) is 0 Å². The van der Waals surface area contributed by atoms with Crippen LogP contribution in [0.2, 0.25) is 0 Å². The van der Waals surface area contributed by atoms with Crippen LogP contribution in [0.4, 0.5) is 0 Å². The first-order valence-electron chi connectivity index (χ1n) is 9.20. The molecule has 0 radical (unpaired) electrons. The summed E-state index contributed by atoms with van der Waals surface area (Å²) in [6, 6.07) is 13.4. The van der Waals surface area contributed by atoms with E-state index in [2.05, 4.69) is 5.32 Å². The monoisotopic (exact) mass is 439 g/mol. The maximum Gasteiger partial charge on any atom is 0.183 e. The summed E-state index contributed by atoms with van der Waals surface area (Å²) in [6.07, 6.45) is 0.681. The van der Waals surface area contributed by atoms with Gasteiger partial charge in [-0.3, -0.25) is 0 Å². The Morgan fingerprint density at radius 2 is 1.69 bits per heavy atom. The highest BCUT2D eigenvalue weighted by Gasteiger charge is 2.45. The number of sulfone groups is 2. The van der Waals surface area contributed by atoms with Gasteiger partial charge >= 0.3 is 0 Å². The van der Waals surface area contributed by atoms with E-state index < -0.39 is 36.7 Å². The minimum Gasteiger partial charge on any atom is -0.493 e. The summed E-state index contributed by atoms with van der Waals surface area (Å²) in [4.78, 5) is 0.0205. The fraction of sp³-hybridized carbons (Fsp3) is 0.400. The van der Waals surface area contributed by atoms with Crippen LogP contribution < -0.4 is 14.8 Å². The third-order valence-corrected chi connectivity index (χ3v) is 9.19. The smallest absolute Gasteiger partial charge is 0.183 e. The summed E-state index contributed by atoms with van der Waals surface area (Å²) < 4.78 is 61.3. The zero-order valence-corrected chi connectivity index (χ0v) is 18.0. The largest absolute Gasteiger partial charge is 0.493 e. The van der Waals surface area contributed by atoms with Gasteiger partial charge in [0.05, 0.1) is 35.9 Å². The van der Waals surface area contributed by atoms with Gasteiger partial charge in [0.25, 0.3) is 0 Å². The van der Waals surface area contributed by atoms with Gasteiger partial charge in [-0.15, -0.1) is 0 Å². The Morgan fingerprint density at radius 3 is 2.34 bits per heavy atom. The van der Waals surface area contributed by atoms with Crippen molar-refractivity contribution < 1.29 is 26.3 Å². The maximum atomic E-state index is 13.2. The fourth-order valence-electron chi connectivity index (χ4n) is 3.53. The number of ether oxygens (including phenoxy) is 2. The number of rotatable bonds is 8. The van der Waals surface area contributed by atoms with Crippen LogP contribution in [0.25, 0.3) is 0 Å². The van der Waals surface area contributed by atoms with Crippen molar-refractivity contribution in [2.24, 2.45) is 0 Å². The Hall–Kier alpha value is -2.10. The van der Waals surface area contributed by atoms with Crippen molar-refractivity contribution in [2.75, 3.05) is 32.3 Å². The van der Waals surface area contributed by atoms with E-state index in [4.69, 9.17) is 9.47 Å². The van der Waals surface area contributed by atoms with E-state index in [9.17, 15) is 16.8 Å². The molecule has 1 aliphatic heterocycles. The van der Waals surface area contributed by atoms with E-state index in [1.165, 1.54) is 32.4 Å². The van der Waals surface area contributed by atoms with Crippen molar-refractivity contribution in [2.45, 2.75) is 22.6 Å². The van der Waals surface area contributed by atoms with Gasteiger partial charge in [0.15, 0.2) is 31.2 Å². The molecule has 3 rings (SSSR count). The Labute approximate surface area is 171 Å². The molecule has 1 fully saturated rings. The van der Waals surface area contributed by atoms with Crippen LogP contribution in [0.5, 0.6) is 11.5 Å². The highest BCUT2D eigenvalue weighted by Crippen LogP contribution is 2.33. The third-order valence-electron chi connectivity index (χ3n) is 5.05. The Morgan fingerprint density at radius 1 is 1.00 bits per heavy atom. The summed E-state index contributed by atoms with van der Waals surface area (Å²) >= 11 is 0. The first kappa shape index (κ1) is 21.6. The molecule has 2 aromatic carbocycles. The second-order valence-electron chi connectivity index (χ2n) is 6.97. The molecule has 1 N–H and O–H groups in total. The molecule has 1 aliphatic rings. The zero-order valence-electron chi connectivity index (χ0n) is 16.4. The molecule has 158 valence electrons. The van der Waals surface area contributed by atoms with Crippen molar-refractivity contribution >= 4 is 19.7 Å². The van der Waals surface area contributed by atoms with Gasteiger partial charge in [0.2, 0.25) is 0 Å². The van der Waals surface area contributed by atoms with Crippen LogP contribution in [-0.4, -0.2) is 60.4 Å². The van der Waals surface area contributed by atoms with E-state index in [1.54, 1.807) is 0 Å². The van der Waals surface area contributed by atoms with E-state index in [-0.39, 0.29) is 16.4 Å². The lowest BCUT2D eigenvalue weighted by Crippen LogP contribution is -2.44. The zero-order chi connectivity index (χ0) is 21.1. The highest BCUT2D eigenvalue weighted by atomic mass is 32.2. The van der Waals surface area contributed by atoms with Crippen LogP contribution in [0.15, 0.2) is 53.4 Å². The minimum absolute atomic E-state index is 0.0205. The van der Waals surface area contributed by atoms with Crippen molar-refractivity contribution in [3.8, 4) is 11.5 Å². The Balaban J connectivity index is 1.81. The predicted octanol–water partition coefficient (Wildman–Crippen LogP) is 1.48. The molecule has 0 aliphatic carbocycles. The Bertz CT molecular complexity index is 1050. The number of nitrogens with one attached hydrogen (secondary N) is 1. The molecule has 0 aromatic heterocycles. The minimum atomic E-state index is -3.89. The molecule has 1 heterocycles. The molecule has 0 bridgehead atoms.